The van der Waals surface area contributed by atoms with E-state index in [2.05, 4.69) is 4.90 Å². The molecule has 1 saturated heterocycles. The van der Waals surface area contributed by atoms with Gasteiger partial charge in [-0.05, 0) is 30.0 Å². The summed E-state index contributed by atoms with van der Waals surface area (Å²) in [5.41, 5.74) is 0.671. The van der Waals surface area contributed by atoms with Crippen molar-refractivity contribution in [3.63, 3.8) is 0 Å². The van der Waals surface area contributed by atoms with Crippen LogP contribution in [0.3, 0.4) is 0 Å². The smallest absolute Gasteiger partial charge is 0.371 e. The van der Waals surface area contributed by atoms with Crippen LogP contribution in [0.15, 0.2) is 18.2 Å². The van der Waals surface area contributed by atoms with E-state index in [1.54, 1.807) is 0 Å². The number of rotatable bonds is 1. The molecule has 0 radical (unpaired) electrons. The Hall–Kier alpha value is -1.07. The maximum atomic E-state index is 13.1. The van der Waals surface area contributed by atoms with Crippen LogP contribution in [0.5, 0.6) is 0 Å². The van der Waals surface area contributed by atoms with Gasteiger partial charge in [0.25, 0.3) is 0 Å². The van der Waals surface area contributed by atoms with Gasteiger partial charge in [-0.2, -0.15) is 13.2 Å². The molecule has 2 fully saturated rings. The number of ether oxygens (including phenoxy) is 1. The van der Waals surface area contributed by atoms with Crippen LogP contribution in [0, 0.1) is 0 Å². The van der Waals surface area contributed by atoms with Crippen molar-refractivity contribution in [1.29, 1.82) is 0 Å². The Balaban J connectivity index is 1.66. The van der Waals surface area contributed by atoms with Crippen LogP contribution in [0.2, 0.25) is 0 Å². The molecule has 2 nitrogen and oxygen atoms in total. The van der Waals surface area contributed by atoms with Gasteiger partial charge in [0.05, 0.1) is 18.3 Å². The number of fused-ring (bicyclic) bond motifs is 3. The Morgan fingerprint density at radius 1 is 1.14 bits per heavy atom. The highest BCUT2D eigenvalue weighted by Crippen LogP contribution is 2.43. The zero-order valence-corrected chi connectivity index (χ0v) is 11.7. The van der Waals surface area contributed by atoms with Crippen molar-refractivity contribution < 1.29 is 17.9 Å². The van der Waals surface area contributed by atoms with Crippen molar-refractivity contribution in [3.8, 4) is 0 Å². The van der Waals surface area contributed by atoms with Crippen LogP contribution in [0.4, 0.5) is 13.2 Å². The van der Waals surface area contributed by atoms with E-state index in [1.165, 1.54) is 31.4 Å². The molecule has 5 heteroatoms. The summed E-state index contributed by atoms with van der Waals surface area (Å²) >= 11 is 0. The Morgan fingerprint density at radius 2 is 1.95 bits per heavy atom. The van der Waals surface area contributed by atoms with E-state index in [-0.39, 0.29) is 18.6 Å². The second-order valence-electron chi connectivity index (χ2n) is 6.37. The van der Waals surface area contributed by atoms with Gasteiger partial charge in [-0.25, -0.2) is 0 Å². The molecule has 4 rings (SSSR count). The quantitative estimate of drug-likeness (QED) is 0.786. The lowest BCUT2D eigenvalue weighted by molar-refractivity contribution is -0.139. The lowest BCUT2D eigenvalue weighted by atomic mass is 9.87. The van der Waals surface area contributed by atoms with Crippen molar-refractivity contribution in [2.24, 2.45) is 0 Å². The van der Waals surface area contributed by atoms with Gasteiger partial charge in [-0.15, -0.1) is 0 Å². The van der Waals surface area contributed by atoms with Gasteiger partial charge in [0.2, 0.25) is 0 Å². The van der Waals surface area contributed by atoms with E-state index in [0.717, 1.165) is 18.7 Å². The predicted octanol–water partition coefficient (Wildman–Crippen LogP) is 3.56. The zero-order chi connectivity index (χ0) is 14.6. The van der Waals surface area contributed by atoms with Gasteiger partial charge in [-0.1, -0.05) is 18.6 Å². The Morgan fingerprint density at radius 3 is 2.62 bits per heavy atom. The molecule has 3 aliphatic rings. The number of nitrogens with zero attached hydrogens (tertiary/aromatic N) is 1. The summed E-state index contributed by atoms with van der Waals surface area (Å²) < 4.78 is 45.1. The normalized spacial score (nSPS) is 29.9. The van der Waals surface area contributed by atoms with E-state index in [9.17, 15) is 13.2 Å². The molecule has 1 saturated carbocycles. The summed E-state index contributed by atoms with van der Waals surface area (Å²) in [6, 6.07) is 5.18. The van der Waals surface area contributed by atoms with Crippen LogP contribution >= 0.6 is 0 Å². The third-order valence-corrected chi connectivity index (χ3v) is 5.24. The first-order valence-electron chi connectivity index (χ1n) is 7.58. The molecule has 2 heterocycles. The van der Waals surface area contributed by atoms with E-state index in [0.29, 0.717) is 11.6 Å². The molecular formula is C16H18F3NO. The average Bonchev–Trinajstić information content (AvgIpc) is 2.78. The predicted molar refractivity (Wildman–Crippen MR) is 72.0 cm³/mol. The van der Waals surface area contributed by atoms with Crippen LogP contribution in [-0.2, 0) is 17.5 Å². The minimum atomic E-state index is -4.30. The van der Waals surface area contributed by atoms with Crippen molar-refractivity contribution in [2.75, 3.05) is 13.1 Å². The van der Waals surface area contributed by atoms with Crippen molar-refractivity contribution in [1.82, 2.24) is 4.90 Å². The molecule has 0 amide bonds. The molecule has 0 unspecified atom stereocenters. The minimum absolute atomic E-state index is 0.0570. The monoisotopic (exact) mass is 297 g/mol. The molecule has 1 aliphatic carbocycles. The van der Waals surface area contributed by atoms with Crippen LogP contribution in [0.1, 0.15) is 41.9 Å². The molecule has 0 N–H and O–H groups in total. The topological polar surface area (TPSA) is 12.5 Å². The Labute approximate surface area is 121 Å². The maximum Gasteiger partial charge on any atom is 0.416 e. The summed E-state index contributed by atoms with van der Waals surface area (Å²) in [4.78, 5) is 2.41. The molecule has 2 atom stereocenters. The van der Waals surface area contributed by atoms with Crippen molar-refractivity contribution >= 4 is 0 Å². The summed E-state index contributed by atoms with van der Waals surface area (Å²) in [5, 5.41) is 0. The highest BCUT2D eigenvalue weighted by molar-refractivity contribution is 5.41. The summed E-state index contributed by atoms with van der Waals surface area (Å²) in [5.74, 6) is 0.0941. The highest BCUT2D eigenvalue weighted by atomic mass is 19.4. The van der Waals surface area contributed by atoms with Crippen molar-refractivity contribution in [3.05, 3.63) is 34.9 Å². The molecule has 1 aromatic rings. The zero-order valence-electron chi connectivity index (χ0n) is 11.7. The van der Waals surface area contributed by atoms with Gasteiger partial charge < -0.3 is 4.74 Å². The maximum absolute atomic E-state index is 13.1. The van der Waals surface area contributed by atoms with Gasteiger partial charge in [0.15, 0.2) is 0 Å². The molecule has 21 heavy (non-hydrogen) atoms. The fraction of sp³-hybridized carbons (Fsp3) is 0.625. The third-order valence-electron chi connectivity index (χ3n) is 5.24. The standard InChI is InChI=1S/C16H18F3NO/c17-16(18,19)14-6-2-5-11-12-7-20(10-3-1-4-10)8-15(12)21-9-13(11)14/h2,5-6,10,12,15H,1,3-4,7-9H2/t12-,15-/m1/s1. The van der Waals surface area contributed by atoms with Crippen LogP contribution in [-0.4, -0.2) is 30.1 Å². The van der Waals surface area contributed by atoms with Crippen LogP contribution < -0.4 is 0 Å². The first-order chi connectivity index (χ1) is 10.0. The van der Waals surface area contributed by atoms with Gasteiger partial charge >= 0.3 is 6.18 Å². The van der Waals surface area contributed by atoms with Gasteiger partial charge in [-0.3, -0.25) is 4.90 Å². The van der Waals surface area contributed by atoms with Crippen molar-refractivity contribution in [2.45, 2.75) is 50.1 Å². The second-order valence-corrected chi connectivity index (χ2v) is 6.37. The number of hydrogen-bond acceptors (Lipinski definition) is 2. The van der Waals surface area contributed by atoms with E-state index in [4.69, 9.17) is 4.74 Å². The first kappa shape index (κ1) is 13.6. The number of alkyl halides is 3. The Bertz CT molecular complexity index is 553. The van der Waals surface area contributed by atoms with E-state index in [1.807, 2.05) is 6.07 Å². The Kier molecular flexibility index (Phi) is 3.05. The SMILES string of the molecule is FC(F)(F)c1cccc2c1CO[C@@H]1CN(C3CCC3)C[C@H]21. The fourth-order valence-corrected chi connectivity index (χ4v) is 3.89. The first-order valence-corrected chi connectivity index (χ1v) is 7.58. The van der Waals surface area contributed by atoms with Crippen LogP contribution in [0.25, 0.3) is 0 Å². The summed E-state index contributed by atoms with van der Waals surface area (Å²) in [7, 11) is 0. The molecule has 0 bridgehead atoms. The number of hydrogen-bond donors (Lipinski definition) is 0. The molecule has 2 aliphatic heterocycles. The molecular weight excluding hydrogens is 279 g/mol. The largest absolute Gasteiger partial charge is 0.416 e. The molecule has 0 aromatic heterocycles. The minimum Gasteiger partial charge on any atom is -0.371 e. The molecule has 1 aromatic carbocycles. The summed E-state index contributed by atoms with van der Waals surface area (Å²) in [6.45, 7) is 1.79. The lowest BCUT2D eigenvalue weighted by Crippen LogP contribution is -2.39. The second kappa shape index (κ2) is 4.71. The summed E-state index contributed by atoms with van der Waals surface area (Å²) in [6.07, 6.45) is -0.536. The average molecular weight is 297 g/mol. The van der Waals surface area contributed by atoms with Gasteiger partial charge in [0, 0.05) is 25.0 Å². The highest BCUT2D eigenvalue weighted by Gasteiger charge is 2.44. The molecule has 114 valence electrons. The van der Waals surface area contributed by atoms with E-state index < -0.39 is 11.7 Å². The molecule has 0 spiro atoms. The fourth-order valence-electron chi connectivity index (χ4n) is 3.89. The third kappa shape index (κ3) is 2.18. The van der Waals surface area contributed by atoms with E-state index >= 15 is 0 Å². The lowest BCUT2D eigenvalue weighted by Gasteiger charge is -2.34. The number of likely N-dealkylation sites (tertiary alicyclic amines) is 1. The van der Waals surface area contributed by atoms with Gasteiger partial charge in [0.1, 0.15) is 0 Å². The number of benzene rings is 1. The number of halogens is 3.